The van der Waals surface area contributed by atoms with Crippen LogP contribution in [0, 0.1) is 0 Å². The number of pyridine rings is 1. The van der Waals surface area contributed by atoms with Gasteiger partial charge in [-0.1, -0.05) is 6.08 Å². The van der Waals surface area contributed by atoms with Crippen molar-refractivity contribution in [3.8, 4) is 0 Å². The summed E-state index contributed by atoms with van der Waals surface area (Å²) in [6.45, 7) is 5.73. The highest BCUT2D eigenvalue weighted by molar-refractivity contribution is 5.42. The number of hydrogen-bond acceptors (Lipinski definition) is 2. The lowest BCUT2D eigenvalue weighted by Gasteiger charge is -2.09. The molecule has 0 radical (unpaired) electrons. The van der Waals surface area contributed by atoms with Gasteiger partial charge in [0.05, 0.1) is 0 Å². The number of rotatable bonds is 3. The summed E-state index contributed by atoms with van der Waals surface area (Å²) in [7, 11) is 0. The van der Waals surface area contributed by atoms with Gasteiger partial charge in [-0.25, -0.2) is 0 Å². The quantitative estimate of drug-likeness (QED) is 0.664. The van der Waals surface area contributed by atoms with Gasteiger partial charge in [-0.15, -0.1) is 6.58 Å². The fourth-order valence-electron chi connectivity index (χ4n) is 0.770. The highest BCUT2D eigenvalue weighted by Crippen LogP contribution is 2.04. The molecule has 0 fully saturated rings. The van der Waals surface area contributed by atoms with Crippen molar-refractivity contribution in [3.63, 3.8) is 0 Å². The Morgan fingerprint density at radius 3 is 2.73 bits per heavy atom. The molecular formula is C9H12N2. The van der Waals surface area contributed by atoms with Gasteiger partial charge in [0.25, 0.3) is 0 Å². The molecule has 1 rings (SSSR count). The largest absolute Gasteiger partial charge is 0.379 e. The Morgan fingerprint density at radius 2 is 2.18 bits per heavy atom. The molecule has 2 heteroatoms. The molecule has 1 atom stereocenters. The third-order valence-corrected chi connectivity index (χ3v) is 1.43. The van der Waals surface area contributed by atoms with Crippen molar-refractivity contribution in [2.24, 2.45) is 0 Å². The van der Waals surface area contributed by atoms with Crippen molar-refractivity contribution in [2.75, 3.05) is 5.32 Å². The molecule has 11 heavy (non-hydrogen) atoms. The summed E-state index contributed by atoms with van der Waals surface area (Å²) in [4.78, 5) is 3.91. The van der Waals surface area contributed by atoms with Crippen LogP contribution in [0.4, 0.5) is 5.69 Å². The second-order valence-corrected chi connectivity index (χ2v) is 2.40. The first-order valence-corrected chi connectivity index (χ1v) is 3.62. The van der Waals surface area contributed by atoms with E-state index in [9.17, 15) is 0 Å². The van der Waals surface area contributed by atoms with Gasteiger partial charge >= 0.3 is 0 Å². The molecule has 0 aliphatic heterocycles. The molecule has 0 amide bonds. The van der Waals surface area contributed by atoms with Crippen molar-refractivity contribution in [1.29, 1.82) is 0 Å². The summed E-state index contributed by atoms with van der Waals surface area (Å²) in [6.07, 6.45) is 5.39. The summed E-state index contributed by atoms with van der Waals surface area (Å²) < 4.78 is 0. The van der Waals surface area contributed by atoms with E-state index in [0.29, 0.717) is 6.04 Å². The van der Waals surface area contributed by atoms with Crippen molar-refractivity contribution in [1.82, 2.24) is 4.98 Å². The first-order valence-electron chi connectivity index (χ1n) is 3.62. The second kappa shape index (κ2) is 3.76. The van der Waals surface area contributed by atoms with E-state index in [-0.39, 0.29) is 0 Å². The molecule has 2 nitrogen and oxygen atoms in total. The summed E-state index contributed by atoms with van der Waals surface area (Å²) in [5.74, 6) is 0. The van der Waals surface area contributed by atoms with Crippen LogP contribution in [0.3, 0.4) is 0 Å². The van der Waals surface area contributed by atoms with Crippen molar-refractivity contribution in [3.05, 3.63) is 37.2 Å². The van der Waals surface area contributed by atoms with Crippen molar-refractivity contribution in [2.45, 2.75) is 13.0 Å². The van der Waals surface area contributed by atoms with Gasteiger partial charge in [0.15, 0.2) is 0 Å². The number of nitrogens with one attached hydrogen (secondary N) is 1. The SMILES string of the molecule is C=CC(C)Nc1ccncc1. The third-order valence-electron chi connectivity index (χ3n) is 1.43. The Bertz CT molecular complexity index is 218. The third kappa shape index (κ3) is 2.42. The van der Waals surface area contributed by atoms with Crippen molar-refractivity contribution >= 4 is 5.69 Å². The highest BCUT2D eigenvalue weighted by atomic mass is 14.9. The average molecular weight is 148 g/mol. The molecule has 0 aliphatic carbocycles. The molecule has 58 valence electrons. The topological polar surface area (TPSA) is 24.9 Å². The maximum atomic E-state index is 3.91. The van der Waals surface area contributed by atoms with Crippen LogP contribution in [-0.4, -0.2) is 11.0 Å². The molecule has 1 heterocycles. The van der Waals surface area contributed by atoms with Gasteiger partial charge in [0.2, 0.25) is 0 Å². The van der Waals surface area contributed by atoms with Gasteiger partial charge < -0.3 is 5.32 Å². The van der Waals surface area contributed by atoms with Crippen LogP contribution in [0.5, 0.6) is 0 Å². The van der Waals surface area contributed by atoms with E-state index in [1.807, 2.05) is 25.1 Å². The average Bonchev–Trinajstić information content (AvgIpc) is 2.06. The van der Waals surface area contributed by atoms with E-state index in [1.54, 1.807) is 12.4 Å². The van der Waals surface area contributed by atoms with Gasteiger partial charge in [-0.3, -0.25) is 4.98 Å². The van der Waals surface area contributed by atoms with E-state index < -0.39 is 0 Å². The predicted octanol–water partition coefficient (Wildman–Crippen LogP) is 2.07. The summed E-state index contributed by atoms with van der Waals surface area (Å²) in [5.41, 5.74) is 1.08. The lowest BCUT2D eigenvalue weighted by molar-refractivity contribution is 1.000. The molecule has 0 saturated heterocycles. The molecule has 1 aromatic rings. The van der Waals surface area contributed by atoms with E-state index >= 15 is 0 Å². The predicted molar refractivity (Wildman–Crippen MR) is 47.5 cm³/mol. The molecule has 0 aromatic carbocycles. The Labute approximate surface area is 67.0 Å². The molecule has 1 aromatic heterocycles. The minimum absolute atomic E-state index is 0.303. The zero-order valence-electron chi connectivity index (χ0n) is 6.62. The van der Waals surface area contributed by atoms with E-state index in [1.165, 1.54) is 0 Å². The fraction of sp³-hybridized carbons (Fsp3) is 0.222. The van der Waals surface area contributed by atoms with Crippen LogP contribution in [0.2, 0.25) is 0 Å². The number of nitrogens with zero attached hydrogens (tertiary/aromatic N) is 1. The van der Waals surface area contributed by atoms with E-state index in [4.69, 9.17) is 0 Å². The number of anilines is 1. The monoisotopic (exact) mass is 148 g/mol. The molecule has 0 saturated carbocycles. The molecule has 1 unspecified atom stereocenters. The fourth-order valence-corrected chi connectivity index (χ4v) is 0.770. The lowest BCUT2D eigenvalue weighted by atomic mass is 10.3. The summed E-state index contributed by atoms with van der Waals surface area (Å²) in [5, 5.41) is 3.23. The van der Waals surface area contributed by atoms with Crippen LogP contribution in [-0.2, 0) is 0 Å². The normalized spacial score (nSPS) is 12.1. The van der Waals surface area contributed by atoms with Gasteiger partial charge in [0, 0.05) is 24.1 Å². The minimum Gasteiger partial charge on any atom is -0.379 e. The minimum atomic E-state index is 0.303. The van der Waals surface area contributed by atoms with E-state index in [2.05, 4.69) is 16.9 Å². The van der Waals surface area contributed by atoms with E-state index in [0.717, 1.165) is 5.69 Å². The first-order chi connectivity index (χ1) is 5.33. The molecule has 0 spiro atoms. The highest BCUT2D eigenvalue weighted by Gasteiger charge is 1.93. The maximum absolute atomic E-state index is 3.91. The Balaban J connectivity index is 2.57. The smallest absolute Gasteiger partial charge is 0.0413 e. The molecule has 1 N–H and O–H groups in total. The van der Waals surface area contributed by atoms with Crippen LogP contribution in [0.25, 0.3) is 0 Å². The number of hydrogen-bond donors (Lipinski definition) is 1. The summed E-state index contributed by atoms with van der Waals surface area (Å²) >= 11 is 0. The van der Waals surface area contributed by atoms with Crippen LogP contribution in [0.1, 0.15) is 6.92 Å². The zero-order chi connectivity index (χ0) is 8.10. The van der Waals surface area contributed by atoms with Crippen LogP contribution < -0.4 is 5.32 Å². The van der Waals surface area contributed by atoms with Crippen LogP contribution in [0.15, 0.2) is 37.2 Å². The standard InChI is InChI=1S/C9H12N2/c1-3-8(2)11-9-4-6-10-7-5-9/h3-8H,1H2,2H3,(H,10,11). The zero-order valence-corrected chi connectivity index (χ0v) is 6.62. The van der Waals surface area contributed by atoms with Crippen LogP contribution >= 0.6 is 0 Å². The first kappa shape index (κ1) is 7.79. The lowest BCUT2D eigenvalue weighted by Crippen LogP contribution is -2.10. The molecular weight excluding hydrogens is 136 g/mol. The Morgan fingerprint density at radius 1 is 1.55 bits per heavy atom. The molecule has 0 aliphatic rings. The number of aromatic nitrogens is 1. The van der Waals surface area contributed by atoms with Gasteiger partial charge in [-0.05, 0) is 19.1 Å². The second-order valence-electron chi connectivity index (χ2n) is 2.40. The van der Waals surface area contributed by atoms with Gasteiger partial charge in [0.1, 0.15) is 0 Å². The Hall–Kier alpha value is -1.31. The van der Waals surface area contributed by atoms with Gasteiger partial charge in [-0.2, -0.15) is 0 Å². The maximum Gasteiger partial charge on any atom is 0.0413 e. The Kier molecular flexibility index (Phi) is 2.66. The summed E-state index contributed by atoms with van der Waals surface area (Å²) in [6, 6.07) is 4.16. The van der Waals surface area contributed by atoms with Crippen molar-refractivity contribution < 1.29 is 0 Å². The molecule has 0 bridgehead atoms.